The van der Waals surface area contributed by atoms with Gasteiger partial charge in [0.1, 0.15) is 5.82 Å². The average Bonchev–Trinajstić information content (AvgIpc) is 2.86. The van der Waals surface area contributed by atoms with Crippen LogP contribution in [0, 0.1) is 5.82 Å². The maximum atomic E-state index is 13.6. The third kappa shape index (κ3) is 1.61. The van der Waals surface area contributed by atoms with Gasteiger partial charge in [0.15, 0.2) is 5.78 Å². The predicted octanol–water partition coefficient (Wildman–Crippen LogP) is 3.54. The largest absolute Gasteiger partial charge is 0.361 e. The monoisotopic (exact) mass is 239 g/mol. The molecule has 3 rings (SSSR count). The Morgan fingerprint density at radius 1 is 0.944 bits per heavy atom. The van der Waals surface area contributed by atoms with Crippen molar-refractivity contribution in [2.24, 2.45) is 0 Å². The fraction of sp³-hybridized carbons (Fsp3) is 0. The molecule has 0 saturated heterocycles. The van der Waals surface area contributed by atoms with Crippen LogP contribution in [0.1, 0.15) is 15.9 Å². The van der Waals surface area contributed by atoms with Crippen LogP contribution in [0.3, 0.4) is 0 Å². The van der Waals surface area contributed by atoms with Gasteiger partial charge in [-0.3, -0.25) is 4.79 Å². The summed E-state index contributed by atoms with van der Waals surface area (Å²) in [6, 6.07) is 13.2. The first-order chi connectivity index (χ1) is 8.77. The van der Waals surface area contributed by atoms with E-state index in [0.29, 0.717) is 5.56 Å². The Kier molecular flexibility index (Phi) is 2.45. The first kappa shape index (κ1) is 10.7. The Bertz CT molecular complexity index is 730. The van der Waals surface area contributed by atoms with E-state index in [9.17, 15) is 9.18 Å². The standard InChI is InChI=1S/C15H10FNO/c16-13-6-2-1-4-12(13)15(18)11-5-3-7-14-10(11)8-9-17-14/h1-9,17H. The number of ketones is 1. The predicted molar refractivity (Wildman–Crippen MR) is 68.1 cm³/mol. The molecule has 0 bridgehead atoms. The third-order valence-electron chi connectivity index (χ3n) is 2.96. The van der Waals surface area contributed by atoms with E-state index in [4.69, 9.17) is 0 Å². The molecule has 3 heteroatoms. The molecule has 88 valence electrons. The number of rotatable bonds is 2. The third-order valence-corrected chi connectivity index (χ3v) is 2.96. The number of aromatic nitrogens is 1. The van der Waals surface area contributed by atoms with E-state index >= 15 is 0 Å². The molecule has 1 heterocycles. The Morgan fingerprint density at radius 3 is 2.56 bits per heavy atom. The average molecular weight is 239 g/mol. The van der Waals surface area contributed by atoms with E-state index < -0.39 is 5.82 Å². The molecule has 0 aliphatic carbocycles. The summed E-state index contributed by atoms with van der Waals surface area (Å²) in [4.78, 5) is 15.4. The molecule has 0 saturated carbocycles. The van der Waals surface area contributed by atoms with E-state index in [-0.39, 0.29) is 11.3 Å². The molecule has 0 radical (unpaired) electrons. The van der Waals surface area contributed by atoms with Crippen LogP contribution in [-0.2, 0) is 0 Å². The van der Waals surface area contributed by atoms with Gasteiger partial charge in [-0.1, -0.05) is 24.3 Å². The lowest BCUT2D eigenvalue weighted by Gasteiger charge is -2.04. The Morgan fingerprint density at radius 2 is 1.72 bits per heavy atom. The van der Waals surface area contributed by atoms with Gasteiger partial charge < -0.3 is 4.98 Å². The van der Waals surface area contributed by atoms with E-state index in [1.807, 2.05) is 12.1 Å². The van der Waals surface area contributed by atoms with Gasteiger partial charge in [0, 0.05) is 22.7 Å². The summed E-state index contributed by atoms with van der Waals surface area (Å²) in [5.74, 6) is -0.784. The second-order valence-corrected chi connectivity index (χ2v) is 4.05. The molecule has 1 N–H and O–H groups in total. The van der Waals surface area contributed by atoms with Gasteiger partial charge in [0.2, 0.25) is 0 Å². The molecule has 1 aromatic heterocycles. The highest BCUT2D eigenvalue weighted by atomic mass is 19.1. The Labute approximate surface area is 103 Å². The van der Waals surface area contributed by atoms with Crippen molar-refractivity contribution in [3.63, 3.8) is 0 Å². The van der Waals surface area contributed by atoms with E-state index in [1.54, 1.807) is 30.5 Å². The Hall–Kier alpha value is -2.42. The summed E-state index contributed by atoms with van der Waals surface area (Å²) in [5.41, 5.74) is 1.49. The first-order valence-corrected chi connectivity index (χ1v) is 5.63. The highest BCUT2D eigenvalue weighted by molar-refractivity contribution is 6.16. The zero-order valence-electron chi connectivity index (χ0n) is 9.48. The molecule has 2 nitrogen and oxygen atoms in total. The summed E-state index contributed by atoms with van der Waals surface area (Å²) in [7, 11) is 0. The minimum atomic E-state index is -0.491. The molecule has 0 spiro atoms. The summed E-state index contributed by atoms with van der Waals surface area (Å²) in [6.07, 6.45) is 1.77. The van der Waals surface area contributed by atoms with Crippen LogP contribution in [0.15, 0.2) is 54.7 Å². The number of carbonyl (C=O) groups is 1. The number of carbonyl (C=O) groups excluding carboxylic acids is 1. The summed E-state index contributed by atoms with van der Waals surface area (Å²) < 4.78 is 13.6. The van der Waals surface area contributed by atoms with Gasteiger partial charge in [-0.05, 0) is 24.3 Å². The smallest absolute Gasteiger partial charge is 0.196 e. The fourth-order valence-corrected chi connectivity index (χ4v) is 2.07. The molecule has 0 atom stereocenters. The molecule has 18 heavy (non-hydrogen) atoms. The summed E-state index contributed by atoms with van der Waals surface area (Å²) >= 11 is 0. The second kappa shape index (κ2) is 4.11. The molecule has 0 amide bonds. The van der Waals surface area contributed by atoms with Crippen molar-refractivity contribution < 1.29 is 9.18 Å². The van der Waals surface area contributed by atoms with Crippen LogP contribution in [0.4, 0.5) is 4.39 Å². The van der Waals surface area contributed by atoms with Crippen LogP contribution in [0.5, 0.6) is 0 Å². The number of hydrogen-bond donors (Lipinski definition) is 1. The van der Waals surface area contributed by atoms with Gasteiger partial charge in [0.05, 0.1) is 5.56 Å². The SMILES string of the molecule is O=C(c1ccccc1F)c1cccc2[nH]ccc12. The Balaban J connectivity index is 2.18. The first-order valence-electron chi connectivity index (χ1n) is 5.63. The van der Waals surface area contributed by atoms with Crippen molar-refractivity contribution in [3.05, 3.63) is 71.7 Å². The van der Waals surface area contributed by atoms with E-state index in [1.165, 1.54) is 12.1 Å². The highest BCUT2D eigenvalue weighted by Crippen LogP contribution is 2.21. The van der Waals surface area contributed by atoms with E-state index in [0.717, 1.165) is 10.9 Å². The van der Waals surface area contributed by atoms with Gasteiger partial charge in [0.25, 0.3) is 0 Å². The zero-order chi connectivity index (χ0) is 12.5. The summed E-state index contributed by atoms with van der Waals surface area (Å²) in [6.45, 7) is 0. The number of nitrogens with one attached hydrogen (secondary N) is 1. The van der Waals surface area contributed by atoms with Crippen molar-refractivity contribution in [3.8, 4) is 0 Å². The molecule has 3 aromatic rings. The van der Waals surface area contributed by atoms with Gasteiger partial charge >= 0.3 is 0 Å². The quantitative estimate of drug-likeness (QED) is 0.682. The highest BCUT2D eigenvalue weighted by Gasteiger charge is 2.15. The minimum absolute atomic E-state index is 0.103. The van der Waals surface area contributed by atoms with E-state index in [2.05, 4.69) is 4.98 Å². The van der Waals surface area contributed by atoms with Gasteiger partial charge in [-0.2, -0.15) is 0 Å². The number of fused-ring (bicyclic) bond motifs is 1. The van der Waals surface area contributed by atoms with Gasteiger partial charge in [-0.25, -0.2) is 4.39 Å². The molecule has 2 aromatic carbocycles. The van der Waals surface area contributed by atoms with Crippen molar-refractivity contribution >= 4 is 16.7 Å². The zero-order valence-corrected chi connectivity index (χ0v) is 9.48. The lowest BCUT2D eigenvalue weighted by molar-refractivity contribution is 0.103. The number of halogens is 1. The normalized spacial score (nSPS) is 10.7. The molecule has 0 aliphatic rings. The van der Waals surface area contributed by atoms with Crippen LogP contribution >= 0.6 is 0 Å². The maximum absolute atomic E-state index is 13.6. The van der Waals surface area contributed by atoms with Crippen molar-refractivity contribution in [2.75, 3.05) is 0 Å². The second-order valence-electron chi connectivity index (χ2n) is 4.05. The molecule has 0 aliphatic heterocycles. The topological polar surface area (TPSA) is 32.9 Å². The van der Waals surface area contributed by atoms with Crippen LogP contribution in [0.25, 0.3) is 10.9 Å². The minimum Gasteiger partial charge on any atom is -0.361 e. The molecular formula is C15H10FNO. The van der Waals surface area contributed by atoms with Crippen LogP contribution in [0.2, 0.25) is 0 Å². The lowest BCUT2D eigenvalue weighted by Crippen LogP contribution is -2.04. The molecular weight excluding hydrogens is 229 g/mol. The number of aromatic amines is 1. The van der Waals surface area contributed by atoms with Gasteiger partial charge in [-0.15, -0.1) is 0 Å². The number of benzene rings is 2. The van der Waals surface area contributed by atoms with Crippen molar-refractivity contribution in [1.82, 2.24) is 4.98 Å². The fourth-order valence-electron chi connectivity index (χ4n) is 2.07. The lowest BCUT2D eigenvalue weighted by atomic mass is 10.00. The number of hydrogen-bond acceptors (Lipinski definition) is 1. The van der Waals surface area contributed by atoms with Crippen molar-refractivity contribution in [2.45, 2.75) is 0 Å². The maximum Gasteiger partial charge on any atom is 0.196 e. The number of H-pyrrole nitrogens is 1. The molecule has 0 fully saturated rings. The van der Waals surface area contributed by atoms with Crippen molar-refractivity contribution in [1.29, 1.82) is 0 Å². The molecule has 0 unspecified atom stereocenters. The summed E-state index contributed by atoms with van der Waals surface area (Å²) in [5, 5.41) is 0.811. The van der Waals surface area contributed by atoms with Crippen LogP contribution in [-0.4, -0.2) is 10.8 Å². The van der Waals surface area contributed by atoms with Crippen LogP contribution < -0.4 is 0 Å².